The van der Waals surface area contributed by atoms with Gasteiger partial charge in [-0.05, 0) is 53.3 Å². The van der Waals surface area contributed by atoms with Crippen molar-refractivity contribution in [2.45, 2.75) is 26.6 Å². The summed E-state index contributed by atoms with van der Waals surface area (Å²) >= 11 is 1.85. The number of aromatic hydroxyl groups is 1. The summed E-state index contributed by atoms with van der Waals surface area (Å²) in [6, 6.07) is 22.5. The molecule has 0 saturated heterocycles. The second-order valence-corrected chi connectivity index (χ2v) is 12.8. The molecule has 0 atom stereocenters. The molecule has 8 nitrogen and oxygen atoms in total. The Morgan fingerprint density at radius 2 is 1.73 bits per heavy atom. The van der Waals surface area contributed by atoms with E-state index < -0.39 is 28.8 Å². The lowest BCUT2D eigenvalue weighted by Crippen LogP contribution is -2.26. The van der Waals surface area contributed by atoms with E-state index in [0.29, 0.717) is 13.1 Å². The quantitative estimate of drug-likeness (QED) is 0.0824. The third-order valence-electron chi connectivity index (χ3n) is 8.25. The normalized spacial score (nSPS) is 11.4. The topological polar surface area (TPSA) is 116 Å². The van der Waals surface area contributed by atoms with Crippen LogP contribution in [0.1, 0.15) is 34.1 Å². The second kappa shape index (κ2) is 14.9. The van der Waals surface area contributed by atoms with Gasteiger partial charge in [0.25, 0.3) is 0 Å². The number of anilines is 1. The first-order chi connectivity index (χ1) is 23.7. The fourth-order valence-electron chi connectivity index (χ4n) is 5.92. The third-order valence-corrected chi connectivity index (χ3v) is 9.13. The number of thioether (sulfide) groups is 1. The van der Waals surface area contributed by atoms with Gasteiger partial charge < -0.3 is 19.9 Å². The monoisotopic (exact) mass is 681 g/mol. The minimum atomic E-state index is -1.25. The summed E-state index contributed by atoms with van der Waals surface area (Å²) in [6.07, 6.45) is 1.77. The van der Waals surface area contributed by atoms with E-state index in [2.05, 4.69) is 22.1 Å². The highest BCUT2D eigenvalue weighted by molar-refractivity contribution is 7.99. The molecule has 6 rings (SSSR count). The fraction of sp³-hybridized carbons (Fsp3) is 0.184. The maximum absolute atomic E-state index is 15.6. The second-order valence-electron chi connectivity index (χ2n) is 11.4. The predicted octanol–water partition coefficient (Wildman–Crippen LogP) is 8.01. The molecule has 0 spiro atoms. The number of aromatic nitrogens is 1. The summed E-state index contributed by atoms with van der Waals surface area (Å²) in [5.74, 6) is -2.05. The zero-order valence-corrected chi connectivity index (χ0v) is 27.4. The van der Waals surface area contributed by atoms with Crippen LogP contribution in [0.5, 0.6) is 5.75 Å². The van der Waals surface area contributed by atoms with Crippen LogP contribution in [0.25, 0.3) is 33.4 Å². The number of phenols is 1. The summed E-state index contributed by atoms with van der Waals surface area (Å²) in [7, 11) is 0. The van der Waals surface area contributed by atoms with Crippen molar-refractivity contribution in [3.63, 3.8) is 0 Å². The molecule has 1 aromatic heterocycles. The number of aromatic carboxylic acids is 1. The number of carboxylic acid groups (broad SMARTS) is 1. The zero-order chi connectivity index (χ0) is 34.5. The fourth-order valence-corrected chi connectivity index (χ4v) is 6.59. The number of fused-ring (bicyclic) bond motifs is 2. The largest absolute Gasteiger partial charge is 0.504 e. The van der Waals surface area contributed by atoms with Crippen molar-refractivity contribution in [2.75, 3.05) is 23.4 Å². The Kier molecular flexibility index (Phi) is 10.2. The van der Waals surface area contributed by atoms with E-state index >= 15 is 4.39 Å². The van der Waals surface area contributed by atoms with Crippen molar-refractivity contribution in [1.82, 2.24) is 9.88 Å². The Hall–Kier alpha value is -5.26. The van der Waals surface area contributed by atoms with Gasteiger partial charge in [0.1, 0.15) is 11.3 Å². The standard InChI is InChI=1S/C38H33F2N3O5S/c1-2-49-16-15-43(22-24-10-7-8-14-41-24)21-23-9-3-6-13-32(23)42-20-29-36(45)31(40)18-28-35(25-11-4-5-12-26(25)38(46)47)27-17-30(39)33(44)19-34(27)48-37(28)29/h3-14,17-19,42,45H,2,15-16,20-22H2,1H3,(H,46,47). The van der Waals surface area contributed by atoms with Crippen LogP contribution in [0.2, 0.25) is 0 Å². The van der Waals surface area contributed by atoms with Crippen LogP contribution >= 0.6 is 11.8 Å². The Bertz CT molecular complexity index is 2160. The molecule has 0 unspecified atom stereocenters. The molecule has 0 amide bonds. The molecule has 0 radical (unpaired) electrons. The van der Waals surface area contributed by atoms with Gasteiger partial charge in [0.2, 0.25) is 5.43 Å². The van der Waals surface area contributed by atoms with Gasteiger partial charge in [-0.2, -0.15) is 11.8 Å². The number of hydrogen-bond donors (Lipinski definition) is 3. The number of benzene rings is 4. The van der Waals surface area contributed by atoms with Crippen molar-refractivity contribution in [1.29, 1.82) is 0 Å². The minimum absolute atomic E-state index is 0.0194. The van der Waals surface area contributed by atoms with Crippen LogP contribution in [0.15, 0.2) is 100 Å². The first kappa shape index (κ1) is 33.6. The molecule has 2 heterocycles. The Morgan fingerprint density at radius 3 is 2.51 bits per heavy atom. The summed E-state index contributed by atoms with van der Waals surface area (Å²) in [5, 5.41) is 24.5. The van der Waals surface area contributed by atoms with Crippen LogP contribution in [0.3, 0.4) is 0 Å². The van der Waals surface area contributed by atoms with Crippen molar-refractivity contribution in [3.8, 4) is 28.2 Å². The van der Waals surface area contributed by atoms with Crippen molar-refractivity contribution in [3.05, 3.63) is 135 Å². The Balaban J connectivity index is 1.43. The average Bonchev–Trinajstić information content (AvgIpc) is 3.09. The maximum atomic E-state index is 15.6. The number of nitrogens with one attached hydrogen (secondary N) is 1. The molecule has 2 aliphatic rings. The number of carboxylic acids is 1. The number of hydrogen-bond acceptors (Lipinski definition) is 8. The molecular weight excluding hydrogens is 648 g/mol. The van der Waals surface area contributed by atoms with Gasteiger partial charge in [-0.15, -0.1) is 0 Å². The van der Waals surface area contributed by atoms with E-state index in [-0.39, 0.29) is 51.1 Å². The van der Waals surface area contributed by atoms with Gasteiger partial charge in [-0.3, -0.25) is 14.7 Å². The molecular formula is C38H33F2N3O5S. The number of nitrogens with zero attached hydrogens (tertiary/aromatic N) is 2. The Labute approximate surface area is 285 Å². The molecule has 0 fully saturated rings. The molecule has 49 heavy (non-hydrogen) atoms. The minimum Gasteiger partial charge on any atom is -0.504 e. The molecule has 0 saturated carbocycles. The highest BCUT2D eigenvalue weighted by Crippen LogP contribution is 2.44. The van der Waals surface area contributed by atoms with Crippen LogP contribution in [0.4, 0.5) is 14.5 Å². The predicted molar refractivity (Wildman–Crippen MR) is 188 cm³/mol. The van der Waals surface area contributed by atoms with Crippen molar-refractivity contribution in [2.24, 2.45) is 0 Å². The van der Waals surface area contributed by atoms with Gasteiger partial charge in [-0.1, -0.05) is 49.4 Å². The maximum Gasteiger partial charge on any atom is 0.336 e. The molecule has 3 aromatic carbocycles. The molecule has 3 N–H and O–H groups in total. The SMILES string of the molecule is CCSCCN(Cc1ccccn1)Cc1ccccc1NCc1c(O)c(F)cc2c(-c3ccccc3C(=O)O)c3cc(F)c(=O)cc-3oc12. The van der Waals surface area contributed by atoms with Gasteiger partial charge in [0.15, 0.2) is 17.4 Å². The number of halogens is 2. The molecule has 250 valence electrons. The van der Waals surface area contributed by atoms with Gasteiger partial charge >= 0.3 is 5.97 Å². The van der Waals surface area contributed by atoms with Crippen LogP contribution in [0, 0.1) is 11.6 Å². The highest BCUT2D eigenvalue weighted by Gasteiger charge is 2.26. The number of para-hydroxylation sites is 1. The van der Waals surface area contributed by atoms with Crippen molar-refractivity contribution < 1.29 is 28.2 Å². The van der Waals surface area contributed by atoms with Crippen LogP contribution < -0.4 is 10.7 Å². The van der Waals surface area contributed by atoms with Gasteiger partial charge in [0.05, 0.1) is 16.8 Å². The van der Waals surface area contributed by atoms with E-state index in [4.69, 9.17) is 4.42 Å². The molecule has 4 aromatic rings. The zero-order valence-electron chi connectivity index (χ0n) is 26.6. The van der Waals surface area contributed by atoms with E-state index in [1.165, 1.54) is 12.1 Å². The number of pyridine rings is 1. The summed E-state index contributed by atoms with van der Waals surface area (Å²) in [5.41, 5.74) is 2.08. The van der Waals surface area contributed by atoms with E-state index in [1.807, 2.05) is 54.2 Å². The first-order valence-electron chi connectivity index (χ1n) is 15.7. The number of phenolic OH excluding ortho intramolecular Hbond substituents is 1. The van der Waals surface area contributed by atoms with Crippen LogP contribution in [-0.2, 0) is 19.6 Å². The summed E-state index contributed by atoms with van der Waals surface area (Å²) in [6.45, 7) is 4.09. The average molecular weight is 682 g/mol. The molecule has 1 aliphatic carbocycles. The lowest BCUT2D eigenvalue weighted by atomic mass is 9.89. The Morgan fingerprint density at radius 1 is 0.959 bits per heavy atom. The smallest absolute Gasteiger partial charge is 0.336 e. The van der Waals surface area contributed by atoms with Gasteiger partial charge in [0, 0.05) is 66.4 Å². The lowest BCUT2D eigenvalue weighted by molar-refractivity contribution is 0.0697. The summed E-state index contributed by atoms with van der Waals surface area (Å²) in [4.78, 5) is 31.4. The first-order valence-corrected chi connectivity index (χ1v) is 16.9. The van der Waals surface area contributed by atoms with E-state index in [9.17, 15) is 24.2 Å². The molecule has 1 aliphatic heterocycles. The van der Waals surface area contributed by atoms with E-state index in [1.54, 1.807) is 18.3 Å². The highest BCUT2D eigenvalue weighted by atomic mass is 32.2. The van der Waals surface area contributed by atoms with Crippen molar-refractivity contribution >= 4 is 34.4 Å². The summed E-state index contributed by atoms with van der Waals surface area (Å²) < 4.78 is 36.4. The van der Waals surface area contributed by atoms with Gasteiger partial charge in [-0.25, -0.2) is 13.6 Å². The third kappa shape index (κ3) is 7.28. The lowest BCUT2D eigenvalue weighted by Gasteiger charge is -2.24. The molecule has 0 bridgehead atoms. The van der Waals surface area contributed by atoms with E-state index in [0.717, 1.165) is 53.2 Å². The number of carbonyl (C=O) groups is 1. The number of rotatable bonds is 13. The molecule has 11 heteroatoms. The van der Waals surface area contributed by atoms with Crippen LogP contribution in [-0.4, -0.2) is 44.1 Å².